The van der Waals surface area contributed by atoms with Gasteiger partial charge in [0.05, 0.1) is 0 Å². The molecule has 1 aromatic rings. The zero-order valence-electron chi connectivity index (χ0n) is 11.2. The van der Waals surface area contributed by atoms with Gasteiger partial charge in [0.25, 0.3) is 0 Å². The highest BCUT2D eigenvalue weighted by Crippen LogP contribution is 2.20. The molecule has 108 valence electrons. The molecular formula is C14H17ClN2O3. The van der Waals surface area contributed by atoms with E-state index in [-0.39, 0.29) is 12.5 Å². The van der Waals surface area contributed by atoms with Crippen molar-refractivity contribution in [3.05, 3.63) is 28.8 Å². The number of rotatable bonds is 2. The average molecular weight is 297 g/mol. The van der Waals surface area contributed by atoms with Crippen LogP contribution in [0.4, 0.5) is 5.69 Å². The molecule has 1 aliphatic heterocycles. The van der Waals surface area contributed by atoms with E-state index in [1.807, 2.05) is 6.92 Å². The van der Waals surface area contributed by atoms with Crippen LogP contribution < -0.4 is 5.32 Å². The zero-order valence-corrected chi connectivity index (χ0v) is 12.0. The van der Waals surface area contributed by atoms with Gasteiger partial charge in [-0.05, 0) is 31.0 Å². The van der Waals surface area contributed by atoms with E-state index >= 15 is 0 Å². The summed E-state index contributed by atoms with van der Waals surface area (Å²) in [6.45, 7) is 2.83. The molecule has 0 spiro atoms. The largest absolute Gasteiger partial charge is 0.396 e. The summed E-state index contributed by atoms with van der Waals surface area (Å²) >= 11 is 5.97. The van der Waals surface area contributed by atoms with E-state index in [1.54, 1.807) is 18.2 Å². The van der Waals surface area contributed by atoms with Gasteiger partial charge in [-0.3, -0.25) is 9.59 Å². The van der Waals surface area contributed by atoms with E-state index in [9.17, 15) is 9.59 Å². The molecule has 1 fully saturated rings. The molecular weight excluding hydrogens is 280 g/mol. The second-order valence-electron chi connectivity index (χ2n) is 5.01. The van der Waals surface area contributed by atoms with Crippen molar-refractivity contribution in [1.29, 1.82) is 0 Å². The smallest absolute Gasteiger partial charge is 0.313 e. The third-order valence-electron chi connectivity index (χ3n) is 3.46. The summed E-state index contributed by atoms with van der Waals surface area (Å²) in [5.41, 5.74) is 1.40. The van der Waals surface area contributed by atoms with Crippen molar-refractivity contribution in [3.63, 3.8) is 0 Å². The molecule has 0 saturated carbocycles. The number of amides is 2. The number of carbonyl (C=O) groups is 2. The third kappa shape index (κ3) is 3.29. The number of nitrogens with zero attached hydrogens (tertiary/aromatic N) is 1. The van der Waals surface area contributed by atoms with Crippen molar-refractivity contribution < 1.29 is 14.7 Å². The summed E-state index contributed by atoms with van der Waals surface area (Å²) in [6, 6.07) is 5.09. The van der Waals surface area contributed by atoms with Crippen LogP contribution in [0.2, 0.25) is 5.02 Å². The van der Waals surface area contributed by atoms with Crippen LogP contribution in [0.15, 0.2) is 18.2 Å². The SMILES string of the molecule is Cc1ccc(NC(=O)C(=O)N2CCC(CO)C2)cc1Cl. The van der Waals surface area contributed by atoms with Crippen molar-refractivity contribution in [2.24, 2.45) is 5.92 Å². The fourth-order valence-electron chi connectivity index (χ4n) is 2.16. The van der Waals surface area contributed by atoms with Crippen molar-refractivity contribution in [2.45, 2.75) is 13.3 Å². The molecule has 0 aliphatic carbocycles. The fourth-order valence-corrected chi connectivity index (χ4v) is 2.35. The Labute approximate surface area is 122 Å². The number of likely N-dealkylation sites (tertiary alicyclic amines) is 1. The molecule has 2 rings (SSSR count). The molecule has 2 amide bonds. The molecule has 0 radical (unpaired) electrons. The van der Waals surface area contributed by atoms with Crippen molar-refractivity contribution in [3.8, 4) is 0 Å². The van der Waals surface area contributed by atoms with Gasteiger partial charge in [-0.15, -0.1) is 0 Å². The van der Waals surface area contributed by atoms with Gasteiger partial charge in [0.15, 0.2) is 0 Å². The molecule has 5 nitrogen and oxygen atoms in total. The van der Waals surface area contributed by atoms with E-state index in [4.69, 9.17) is 16.7 Å². The number of halogens is 1. The second kappa shape index (κ2) is 6.24. The molecule has 1 heterocycles. The first-order chi connectivity index (χ1) is 9.51. The summed E-state index contributed by atoms with van der Waals surface area (Å²) in [7, 11) is 0. The highest BCUT2D eigenvalue weighted by molar-refractivity contribution is 6.39. The highest BCUT2D eigenvalue weighted by Gasteiger charge is 2.29. The Morgan fingerprint density at radius 3 is 2.85 bits per heavy atom. The Kier molecular flexibility index (Phi) is 4.62. The molecule has 2 N–H and O–H groups in total. The van der Waals surface area contributed by atoms with Gasteiger partial charge in [-0.25, -0.2) is 0 Å². The van der Waals surface area contributed by atoms with E-state index in [1.165, 1.54) is 4.90 Å². The topological polar surface area (TPSA) is 69.6 Å². The molecule has 0 bridgehead atoms. The van der Waals surface area contributed by atoms with Gasteiger partial charge in [0.1, 0.15) is 0 Å². The number of aryl methyl sites for hydroxylation is 1. The maximum atomic E-state index is 12.0. The minimum atomic E-state index is -0.677. The number of aliphatic hydroxyl groups is 1. The van der Waals surface area contributed by atoms with E-state index < -0.39 is 11.8 Å². The number of carbonyl (C=O) groups excluding carboxylic acids is 2. The van der Waals surface area contributed by atoms with Crippen LogP contribution in [0.5, 0.6) is 0 Å². The number of nitrogens with one attached hydrogen (secondary N) is 1. The Bertz CT molecular complexity index is 533. The van der Waals surface area contributed by atoms with Gasteiger partial charge in [0, 0.05) is 36.3 Å². The lowest BCUT2D eigenvalue weighted by molar-refractivity contribution is -0.142. The number of hydrogen-bond acceptors (Lipinski definition) is 3. The monoisotopic (exact) mass is 296 g/mol. The first kappa shape index (κ1) is 14.8. The zero-order chi connectivity index (χ0) is 14.7. The maximum absolute atomic E-state index is 12.0. The first-order valence-electron chi connectivity index (χ1n) is 6.48. The molecule has 1 saturated heterocycles. The highest BCUT2D eigenvalue weighted by atomic mass is 35.5. The lowest BCUT2D eigenvalue weighted by Crippen LogP contribution is -2.38. The summed E-state index contributed by atoms with van der Waals surface area (Å²) in [6.07, 6.45) is 0.728. The predicted octanol–water partition coefficient (Wildman–Crippen LogP) is 1.43. The van der Waals surface area contributed by atoms with Crippen LogP contribution in [0.1, 0.15) is 12.0 Å². The summed E-state index contributed by atoms with van der Waals surface area (Å²) in [5.74, 6) is -1.18. The fraction of sp³-hybridized carbons (Fsp3) is 0.429. The van der Waals surface area contributed by atoms with Gasteiger partial charge >= 0.3 is 11.8 Å². The van der Waals surface area contributed by atoms with Crippen LogP contribution in [0, 0.1) is 12.8 Å². The van der Waals surface area contributed by atoms with Crippen LogP contribution in [0.25, 0.3) is 0 Å². The van der Waals surface area contributed by atoms with Crippen LogP contribution in [-0.2, 0) is 9.59 Å². The van der Waals surface area contributed by atoms with Crippen LogP contribution in [0.3, 0.4) is 0 Å². The lowest BCUT2D eigenvalue weighted by Gasteiger charge is -2.15. The van der Waals surface area contributed by atoms with E-state index in [0.717, 1.165) is 12.0 Å². The molecule has 6 heteroatoms. The molecule has 1 unspecified atom stereocenters. The average Bonchev–Trinajstić information content (AvgIpc) is 2.91. The summed E-state index contributed by atoms with van der Waals surface area (Å²) in [4.78, 5) is 25.3. The summed E-state index contributed by atoms with van der Waals surface area (Å²) < 4.78 is 0. The molecule has 1 atom stereocenters. The minimum Gasteiger partial charge on any atom is -0.396 e. The maximum Gasteiger partial charge on any atom is 0.313 e. The molecule has 1 aliphatic rings. The third-order valence-corrected chi connectivity index (χ3v) is 3.86. The van der Waals surface area contributed by atoms with Crippen molar-refractivity contribution >= 4 is 29.1 Å². The van der Waals surface area contributed by atoms with Crippen LogP contribution >= 0.6 is 11.6 Å². The normalized spacial score (nSPS) is 18.1. The van der Waals surface area contributed by atoms with E-state index in [0.29, 0.717) is 23.8 Å². The Morgan fingerprint density at radius 1 is 1.50 bits per heavy atom. The summed E-state index contributed by atoms with van der Waals surface area (Å²) in [5, 5.41) is 12.1. The Hall–Kier alpha value is -1.59. The number of benzene rings is 1. The molecule has 0 aromatic heterocycles. The lowest BCUT2D eigenvalue weighted by atomic mass is 10.1. The van der Waals surface area contributed by atoms with E-state index in [2.05, 4.69) is 5.32 Å². The molecule has 1 aromatic carbocycles. The van der Waals surface area contributed by atoms with Gasteiger partial charge in [-0.1, -0.05) is 17.7 Å². The Balaban J connectivity index is 1.97. The van der Waals surface area contributed by atoms with Crippen molar-refractivity contribution in [1.82, 2.24) is 4.90 Å². The standard InChI is InChI=1S/C14H17ClN2O3/c1-9-2-3-11(6-12(9)15)16-13(19)14(20)17-5-4-10(7-17)8-18/h2-3,6,10,18H,4-5,7-8H2,1H3,(H,16,19). The first-order valence-corrected chi connectivity index (χ1v) is 6.86. The van der Waals surface area contributed by atoms with Gasteiger partial charge in [-0.2, -0.15) is 0 Å². The number of aliphatic hydroxyl groups excluding tert-OH is 1. The Morgan fingerprint density at radius 2 is 2.25 bits per heavy atom. The van der Waals surface area contributed by atoms with Crippen molar-refractivity contribution in [2.75, 3.05) is 25.0 Å². The quantitative estimate of drug-likeness (QED) is 0.811. The predicted molar refractivity (Wildman–Crippen MR) is 76.6 cm³/mol. The van der Waals surface area contributed by atoms with Gasteiger partial charge in [0.2, 0.25) is 0 Å². The molecule has 20 heavy (non-hydrogen) atoms. The van der Waals surface area contributed by atoms with Crippen LogP contribution in [-0.4, -0.2) is 41.5 Å². The number of hydrogen-bond donors (Lipinski definition) is 2. The second-order valence-corrected chi connectivity index (χ2v) is 5.41. The minimum absolute atomic E-state index is 0.0406. The number of anilines is 1. The van der Waals surface area contributed by atoms with Gasteiger partial charge < -0.3 is 15.3 Å².